The van der Waals surface area contributed by atoms with Crippen molar-refractivity contribution in [1.82, 2.24) is 0 Å². The van der Waals surface area contributed by atoms with Crippen molar-refractivity contribution < 1.29 is 22.7 Å². The van der Waals surface area contributed by atoms with E-state index < -0.39 is 17.8 Å². The van der Waals surface area contributed by atoms with Crippen LogP contribution in [-0.4, -0.2) is 19.0 Å². The quantitative estimate of drug-likeness (QED) is 0.781. The maximum absolute atomic E-state index is 12.4. The Morgan fingerprint density at radius 2 is 1.79 bits per heavy atom. The molecule has 0 aromatic heterocycles. The van der Waals surface area contributed by atoms with E-state index in [2.05, 4.69) is 0 Å². The summed E-state index contributed by atoms with van der Waals surface area (Å²) >= 11 is 0. The Morgan fingerprint density at radius 1 is 1.26 bits per heavy atom. The summed E-state index contributed by atoms with van der Waals surface area (Å²) in [5, 5.41) is 0. The van der Waals surface area contributed by atoms with Gasteiger partial charge in [-0.1, -0.05) is 12.1 Å². The molecule has 1 aromatic carbocycles. The van der Waals surface area contributed by atoms with Crippen LogP contribution in [0.1, 0.15) is 25.0 Å². The molecule has 0 radical (unpaired) electrons. The van der Waals surface area contributed by atoms with Crippen LogP contribution in [-0.2, 0) is 15.7 Å². The van der Waals surface area contributed by atoms with E-state index in [1.54, 1.807) is 13.8 Å². The number of rotatable bonds is 4. The molecule has 0 heterocycles. The lowest BCUT2D eigenvalue weighted by atomic mass is 10.0. The molecule has 0 aliphatic rings. The first-order valence-corrected chi connectivity index (χ1v) is 5.68. The normalized spacial score (nSPS) is 14.3. The zero-order valence-corrected chi connectivity index (χ0v) is 10.9. The molecule has 0 N–H and O–H groups in total. The van der Waals surface area contributed by atoms with E-state index in [1.165, 1.54) is 25.3 Å². The van der Waals surface area contributed by atoms with E-state index in [0.717, 1.165) is 12.1 Å². The van der Waals surface area contributed by atoms with Gasteiger partial charge in [-0.25, -0.2) is 0 Å². The molecule has 104 valence electrons. The molecule has 1 aromatic rings. The third-order valence-corrected chi connectivity index (χ3v) is 2.78. The minimum absolute atomic E-state index is 0.222. The van der Waals surface area contributed by atoms with E-state index in [4.69, 9.17) is 4.74 Å². The van der Waals surface area contributed by atoms with Crippen molar-refractivity contribution in [2.24, 2.45) is 0 Å². The number of allylic oxidation sites excluding steroid dienone is 1. The van der Waals surface area contributed by atoms with Crippen LogP contribution in [0.15, 0.2) is 30.3 Å². The van der Waals surface area contributed by atoms with Crippen LogP contribution in [0.4, 0.5) is 13.2 Å². The van der Waals surface area contributed by atoms with Crippen molar-refractivity contribution in [3.8, 4) is 0 Å². The van der Waals surface area contributed by atoms with Crippen molar-refractivity contribution in [2.45, 2.75) is 26.1 Å². The number of alkyl halides is 3. The number of carbonyl (C=O) groups is 1. The Morgan fingerprint density at radius 3 is 2.21 bits per heavy atom. The topological polar surface area (TPSA) is 26.3 Å². The molecule has 0 amide bonds. The number of hydrogen-bond donors (Lipinski definition) is 0. The molecule has 0 fully saturated rings. The second-order valence-electron chi connectivity index (χ2n) is 4.18. The summed E-state index contributed by atoms with van der Waals surface area (Å²) < 4.78 is 42.1. The molecule has 2 nitrogen and oxygen atoms in total. The third kappa shape index (κ3) is 4.21. The molecule has 19 heavy (non-hydrogen) atoms. The number of benzene rings is 1. The number of carbonyl (C=O) groups excluding carboxylic acids is 1. The van der Waals surface area contributed by atoms with Gasteiger partial charge in [0.05, 0.1) is 5.56 Å². The van der Waals surface area contributed by atoms with Crippen LogP contribution >= 0.6 is 0 Å². The van der Waals surface area contributed by atoms with Gasteiger partial charge in [0.15, 0.2) is 5.78 Å². The summed E-state index contributed by atoms with van der Waals surface area (Å²) in [6, 6.07) is 4.69. The Hall–Kier alpha value is -1.62. The zero-order valence-electron chi connectivity index (χ0n) is 10.9. The molecular formula is C14H15F3O2. The summed E-state index contributed by atoms with van der Waals surface area (Å²) in [5.41, 5.74) is 0.466. The van der Waals surface area contributed by atoms with E-state index in [-0.39, 0.29) is 5.78 Å². The maximum Gasteiger partial charge on any atom is 0.416 e. The largest absolute Gasteiger partial charge is 0.416 e. The van der Waals surface area contributed by atoms with E-state index in [1.807, 2.05) is 0 Å². The maximum atomic E-state index is 12.4. The number of ether oxygens (including phenoxy) is 1. The minimum Gasteiger partial charge on any atom is -0.374 e. The SMILES string of the molecule is COC(C)C(=O)/C=C(\C)c1ccc(C(F)(F)F)cc1. The lowest BCUT2D eigenvalue weighted by Crippen LogP contribution is -2.16. The first-order valence-electron chi connectivity index (χ1n) is 5.68. The fourth-order valence-electron chi connectivity index (χ4n) is 1.45. The molecular weight excluding hydrogens is 257 g/mol. The monoisotopic (exact) mass is 272 g/mol. The summed E-state index contributed by atoms with van der Waals surface area (Å²) in [6.45, 7) is 3.28. The molecule has 1 atom stereocenters. The van der Waals surface area contributed by atoms with Crippen LogP contribution < -0.4 is 0 Å². The van der Waals surface area contributed by atoms with Gasteiger partial charge in [0, 0.05) is 7.11 Å². The molecule has 1 rings (SSSR count). The van der Waals surface area contributed by atoms with Crippen molar-refractivity contribution in [1.29, 1.82) is 0 Å². The minimum atomic E-state index is -4.35. The van der Waals surface area contributed by atoms with Crippen LogP contribution in [0, 0.1) is 0 Å². The number of halogens is 3. The summed E-state index contributed by atoms with van der Waals surface area (Å²) in [4.78, 5) is 11.6. The van der Waals surface area contributed by atoms with Crippen LogP contribution in [0.5, 0.6) is 0 Å². The molecule has 0 bridgehead atoms. The Balaban J connectivity index is 2.92. The number of hydrogen-bond acceptors (Lipinski definition) is 2. The standard InChI is InChI=1S/C14H15F3O2/c1-9(8-13(18)10(2)19-3)11-4-6-12(7-5-11)14(15,16)17/h4-8,10H,1-3H3/b9-8+. The lowest BCUT2D eigenvalue weighted by molar-refractivity contribution is -0.137. The molecule has 5 heteroatoms. The van der Waals surface area contributed by atoms with Crippen molar-refractivity contribution in [3.05, 3.63) is 41.5 Å². The van der Waals surface area contributed by atoms with Gasteiger partial charge in [-0.05, 0) is 43.2 Å². The highest BCUT2D eigenvalue weighted by Crippen LogP contribution is 2.30. The first-order chi connectivity index (χ1) is 8.75. The Kier molecular flexibility index (Phi) is 4.89. The Labute approximate surface area is 109 Å². The van der Waals surface area contributed by atoms with Crippen LogP contribution in [0.25, 0.3) is 5.57 Å². The Bertz CT molecular complexity index is 472. The fourth-order valence-corrected chi connectivity index (χ4v) is 1.45. The molecule has 0 saturated carbocycles. The van der Waals surface area contributed by atoms with Crippen molar-refractivity contribution in [3.63, 3.8) is 0 Å². The molecule has 0 spiro atoms. The summed E-state index contributed by atoms with van der Waals surface area (Å²) in [7, 11) is 1.42. The zero-order chi connectivity index (χ0) is 14.6. The predicted octanol–water partition coefficient (Wildman–Crippen LogP) is 3.71. The van der Waals surface area contributed by atoms with E-state index in [9.17, 15) is 18.0 Å². The second kappa shape index (κ2) is 6.02. The van der Waals surface area contributed by atoms with Gasteiger partial charge in [-0.15, -0.1) is 0 Å². The highest BCUT2D eigenvalue weighted by molar-refractivity contribution is 5.99. The fraction of sp³-hybridized carbons (Fsp3) is 0.357. The number of methoxy groups -OCH3 is 1. The average molecular weight is 272 g/mol. The van der Waals surface area contributed by atoms with E-state index >= 15 is 0 Å². The first kappa shape index (κ1) is 15.4. The predicted molar refractivity (Wildman–Crippen MR) is 66.6 cm³/mol. The third-order valence-electron chi connectivity index (χ3n) is 2.78. The molecule has 0 aliphatic carbocycles. The van der Waals surface area contributed by atoms with Crippen LogP contribution in [0.3, 0.4) is 0 Å². The van der Waals surface area contributed by atoms with Crippen molar-refractivity contribution >= 4 is 11.4 Å². The van der Waals surface area contributed by atoms with Crippen molar-refractivity contribution in [2.75, 3.05) is 7.11 Å². The highest BCUT2D eigenvalue weighted by Gasteiger charge is 2.29. The second-order valence-corrected chi connectivity index (χ2v) is 4.18. The average Bonchev–Trinajstić information content (AvgIpc) is 2.36. The molecule has 1 unspecified atom stereocenters. The lowest BCUT2D eigenvalue weighted by Gasteiger charge is -2.09. The van der Waals surface area contributed by atoms with E-state index in [0.29, 0.717) is 11.1 Å². The van der Waals surface area contributed by atoms with Gasteiger partial charge in [0.1, 0.15) is 6.10 Å². The van der Waals surface area contributed by atoms with Gasteiger partial charge in [-0.2, -0.15) is 13.2 Å². The highest BCUT2D eigenvalue weighted by atomic mass is 19.4. The van der Waals surface area contributed by atoms with Gasteiger partial charge < -0.3 is 4.74 Å². The smallest absolute Gasteiger partial charge is 0.374 e. The van der Waals surface area contributed by atoms with Gasteiger partial charge in [0.25, 0.3) is 0 Å². The van der Waals surface area contributed by atoms with Gasteiger partial charge in [-0.3, -0.25) is 4.79 Å². The van der Waals surface area contributed by atoms with Gasteiger partial charge in [0.2, 0.25) is 0 Å². The van der Waals surface area contributed by atoms with Crippen LogP contribution in [0.2, 0.25) is 0 Å². The molecule has 0 aliphatic heterocycles. The summed E-state index contributed by atoms with van der Waals surface area (Å²) in [5.74, 6) is -0.222. The molecule has 0 saturated heterocycles. The van der Waals surface area contributed by atoms with Gasteiger partial charge >= 0.3 is 6.18 Å². The number of ketones is 1. The summed E-state index contributed by atoms with van der Waals surface area (Å²) in [6.07, 6.45) is -3.54.